The average Bonchev–Trinajstić information content (AvgIpc) is 2.34. The number of hydrogen-bond acceptors (Lipinski definition) is 3. The summed E-state index contributed by atoms with van der Waals surface area (Å²) in [5, 5.41) is 12.1. The highest BCUT2D eigenvalue weighted by atomic mass is 79.9. The van der Waals surface area contributed by atoms with Gasteiger partial charge in [0.2, 0.25) is 0 Å². The fourth-order valence-electron chi connectivity index (χ4n) is 1.30. The molecule has 0 aliphatic heterocycles. The number of hydrogen-bond donors (Lipinski definition) is 2. The van der Waals surface area contributed by atoms with Gasteiger partial charge in [0.1, 0.15) is 12.4 Å². The molecule has 0 aliphatic rings. The molecule has 0 aliphatic carbocycles. The number of nitrogens with one attached hydrogen (secondary N) is 1. The lowest BCUT2D eigenvalue weighted by atomic mass is 10.2. The molecule has 2 N–H and O–H groups in total. The van der Waals surface area contributed by atoms with Crippen molar-refractivity contribution in [1.82, 2.24) is 5.32 Å². The van der Waals surface area contributed by atoms with Gasteiger partial charge in [0, 0.05) is 22.6 Å². The summed E-state index contributed by atoms with van der Waals surface area (Å²) in [4.78, 5) is 0. The molecule has 1 rings (SSSR count). The minimum absolute atomic E-state index is 0.0504. The highest BCUT2D eigenvalue weighted by Crippen LogP contribution is 2.23. The van der Waals surface area contributed by atoms with Crippen molar-refractivity contribution in [1.29, 1.82) is 0 Å². The maximum absolute atomic E-state index is 8.95. The molecular formula is C13H16BrNO2. The lowest BCUT2D eigenvalue weighted by Gasteiger charge is -2.14. The fraction of sp³-hybridized carbons (Fsp3) is 0.385. The first-order valence-corrected chi connectivity index (χ1v) is 6.15. The topological polar surface area (TPSA) is 41.5 Å². The average molecular weight is 298 g/mol. The monoisotopic (exact) mass is 297 g/mol. The number of aliphatic hydroxyl groups excluding tert-OH is 1. The molecule has 1 atom stereocenters. The lowest BCUT2D eigenvalue weighted by Crippen LogP contribution is -2.28. The van der Waals surface area contributed by atoms with Crippen LogP contribution in [0.5, 0.6) is 5.75 Å². The van der Waals surface area contributed by atoms with Crippen molar-refractivity contribution in [3.05, 3.63) is 28.2 Å². The number of benzene rings is 1. The van der Waals surface area contributed by atoms with E-state index >= 15 is 0 Å². The number of ether oxygens (including phenoxy) is 1. The Morgan fingerprint density at radius 2 is 2.35 bits per heavy atom. The van der Waals surface area contributed by atoms with Crippen LogP contribution >= 0.6 is 15.9 Å². The van der Waals surface area contributed by atoms with E-state index in [4.69, 9.17) is 16.3 Å². The fourth-order valence-corrected chi connectivity index (χ4v) is 1.70. The first-order valence-electron chi connectivity index (χ1n) is 5.36. The van der Waals surface area contributed by atoms with Crippen LogP contribution < -0.4 is 10.1 Å². The Morgan fingerprint density at radius 3 is 3.00 bits per heavy atom. The summed E-state index contributed by atoms with van der Waals surface area (Å²) < 4.78 is 6.43. The maximum Gasteiger partial charge on any atom is 0.148 e. The lowest BCUT2D eigenvalue weighted by molar-refractivity contribution is 0.250. The zero-order valence-electron chi connectivity index (χ0n) is 9.74. The minimum Gasteiger partial charge on any atom is -0.481 e. The minimum atomic E-state index is 0.0504. The molecular weight excluding hydrogens is 282 g/mol. The van der Waals surface area contributed by atoms with Gasteiger partial charge < -0.3 is 15.2 Å². The van der Waals surface area contributed by atoms with Crippen LogP contribution in [0.2, 0.25) is 0 Å². The summed E-state index contributed by atoms with van der Waals surface area (Å²) in [5.74, 6) is 3.21. The van der Waals surface area contributed by atoms with Crippen LogP contribution in [0.25, 0.3) is 0 Å². The molecule has 1 unspecified atom stereocenters. The van der Waals surface area contributed by atoms with Gasteiger partial charge in [-0.15, -0.1) is 6.42 Å². The van der Waals surface area contributed by atoms with Crippen molar-refractivity contribution in [2.75, 3.05) is 13.2 Å². The van der Waals surface area contributed by atoms with Gasteiger partial charge in [-0.3, -0.25) is 0 Å². The number of halogens is 1. The van der Waals surface area contributed by atoms with Crippen molar-refractivity contribution in [3.63, 3.8) is 0 Å². The van der Waals surface area contributed by atoms with Crippen LogP contribution in [0.15, 0.2) is 22.7 Å². The molecule has 0 amide bonds. The van der Waals surface area contributed by atoms with Crippen molar-refractivity contribution < 1.29 is 9.84 Å². The largest absolute Gasteiger partial charge is 0.481 e. The smallest absolute Gasteiger partial charge is 0.148 e. The third kappa shape index (κ3) is 4.78. The van der Waals surface area contributed by atoms with Crippen LogP contribution in [-0.4, -0.2) is 24.4 Å². The molecule has 0 saturated carbocycles. The molecule has 0 radical (unpaired) electrons. The van der Waals surface area contributed by atoms with Crippen molar-refractivity contribution in [2.24, 2.45) is 0 Å². The Bertz CT molecular complexity index is 401. The van der Waals surface area contributed by atoms with Crippen LogP contribution in [-0.2, 0) is 6.54 Å². The Kier molecular flexibility index (Phi) is 6.06. The van der Waals surface area contributed by atoms with Crippen molar-refractivity contribution >= 4 is 15.9 Å². The van der Waals surface area contributed by atoms with E-state index in [1.54, 1.807) is 0 Å². The summed E-state index contributed by atoms with van der Waals surface area (Å²) in [7, 11) is 0. The van der Waals surface area contributed by atoms with Gasteiger partial charge in [0.25, 0.3) is 0 Å². The van der Waals surface area contributed by atoms with Gasteiger partial charge in [0.05, 0.1) is 6.61 Å². The molecule has 0 heterocycles. The highest BCUT2D eigenvalue weighted by molar-refractivity contribution is 9.10. The van der Waals surface area contributed by atoms with E-state index in [1.165, 1.54) is 0 Å². The number of terminal acetylenes is 1. The van der Waals surface area contributed by atoms with Gasteiger partial charge in [0.15, 0.2) is 0 Å². The van der Waals surface area contributed by atoms with Crippen LogP contribution in [0, 0.1) is 12.3 Å². The normalized spacial score (nSPS) is 11.9. The summed E-state index contributed by atoms with van der Waals surface area (Å²) in [6.07, 6.45) is 5.17. The molecule has 0 fully saturated rings. The van der Waals surface area contributed by atoms with Gasteiger partial charge in [-0.05, 0) is 25.1 Å². The van der Waals surface area contributed by atoms with Gasteiger partial charge in [-0.2, -0.15) is 0 Å². The molecule has 1 aromatic rings. The van der Waals surface area contributed by atoms with Crippen molar-refractivity contribution in [2.45, 2.75) is 19.5 Å². The van der Waals surface area contributed by atoms with E-state index in [2.05, 4.69) is 27.2 Å². The zero-order chi connectivity index (χ0) is 12.7. The van der Waals surface area contributed by atoms with E-state index in [0.29, 0.717) is 6.54 Å². The predicted molar refractivity (Wildman–Crippen MR) is 71.9 cm³/mol. The Hall–Kier alpha value is -1.02. The number of aliphatic hydroxyl groups is 1. The van der Waals surface area contributed by atoms with Gasteiger partial charge >= 0.3 is 0 Å². The molecule has 0 bridgehead atoms. The molecule has 1 aromatic carbocycles. The summed E-state index contributed by atoms with van der Waals surface area (Å²) >= 11 is 3.42. The Morgan fingerprint density at radius 1 is 1.59 bits per heavy atom. The highest BCUT2D eigenvalue weighted by Gasteiger charge is 2.06. The van der Waals surface area contributed by atoms with E-state index in [0.717, 1.165) is 15.8 Å². The number of rotatable bonds is 6. The first kappa shape index (κ1) is 14.0. The SMILES string of the molecule is C#CCOc1ccc(Br)cc1CNC(C)CO. The second-order valence-electron chi connectivity index (χ2n) is 3.71. The Balaban J connectivity index is 2.73. The first-order chi connectivity index (χ1) is 8.17. The Labute approximate surface area is 110 Å². The maximum atomic E-state index is 8.95. The molecule has 3 nitrogen and oxygen atoms in total. The second-order valence-corrected chi connectivity index (χ2v) is 4.63. The van der Waals surface area contributed by atoms with Crippen molar-refractivity contribution in [3.8, 4) is 18.1 Å². The third-order valence-electron chi connectivity index (χ3n) is 2.25. The molecule has 17 heavy (non-hydrogen) atoms. The third-order valence-corrected chi connectivity index (χ3v) is 2.74. The van der Waals surface area contributed by atoms with Gasteiger partial charge in [-0.1, -0.05) is 21.9 Å². The van der Waals surface area contributed by atoms with E-state index in [1.807, 2.05) is 25.1 Å². The quantitative estimate of drug-likeness (QED) is 0.789. The van der Waals surface area contributed by atoms with Gasteiger partial charge in [-0.25, -0.2) is 0 Å². The molecule has 92 valence electrons. The van der Waals surface area contributed by atoms with Crippen LogP contribution in [0.4, 0.5) is 0 Å². The predicted octanol–water partition coefficient (Wildman–Crippen LogP) is 1.93. The standard InChI is InChI=1S/C13H16BrNO2/c1-3-6-17-13-5-4-12(14)7-11(13)8-15-10(2)9-16/h1,4-5,7,10,15-16H,6,8-9H2,2H3. The van der Waals surface area contributed by atoms with E-state index in [9.17, 15) is 0 Å². The summed E-state index contributed by atoms with van der Waals surface area (Å²) in [5.41, 5.74) is 1.01. The second kappa shape index (κ2) is 7.33. The van der Waals surface area contributed by atoms with Crippen LogP contribution in [0.3, 0.4) is 0 Å². The van der Waals surface area contributed by atoms with E-state index < -0.39 is 0 Å². The molecule has 0 spiro atoms. The summed E-state index contributed by atoms with van der Waals surface area (Å²) in [6, 6.07) is 5.81. The molecule has 0 saturated heterocycles. The van der Waals surface area contributed by atoms with E-state index in [-0.39, 0.29) is 19.3 Å². The summed E-state index contributed by atoms with van der Waals surface area (Å²) in [6.45, 7) is 2.90. The molecule has 0 aromatic heterocycles. The molecule has 4 heteroatoms. The van der Waals surface area contributed by atoms with Crippen LogP contribution in [0.1, 0.15) is 12.5 Å². The zero-order valence-corrected chi connectivity index (χ0v) is 11.3.